The molecule has 0 atom stereocenters. The first kappa shape index (κ1) is 13.5. The van der Waals surface area contributed by atoms with Crippen LogP contribution in [0.5, 0.6) is 11.5 Å². The van der Waals surface area contributed by atoms with Gasteiger partial charge in [-0.3, -0.25) is 4.79 Å². The van der Waals surface area contributed by atoms with Crippen LogP contribution in [0.2, 0.25) is 0 Å². The number of hydrogen-bond acceptors (Lipinski definition) is 4. The standard InChI is InChI=1S/C13H19NO3/c1-4-5-9-6-13(17-3)10(11(15)8-14)7-12(9)16-2/h6-7H,4-5,8,14H2,1-3H3. The van der Waals surface area contributed by atoms with Crippen molar-refractivity contribution < 1.29 is 14.3 Å². The van der Waals surface area contributed by atoms with Gasteiger partial charge in [0.25, 0.3) is 0 Å². The molecule has 0 saturated heterocycles. The van der Waals surface area contributed by atoms with Crippen molar-refractivity contribution >= 4 is 5.78 Å². The van der Waals surface area contributed by atoms with Crippen molar-refractivity contribution in [1.29, 1.82) is 0 Å². The van der Waals surface area contributed by atoms with Gasteiger partial charge in [0.1, 0.15) is 11.5 Å². The number of hydrogen-bond donors (Lipinski definition) is 1. The minimum absolute atomic E-state index is 0.0351. The highest BCUT2D eigenvalue weighted by molar-refractivity contribution is 6.00. The highest BCUT2D eigenvalue weighted by Crippen LogP contribution is 2.29. The van der Waals surface area contributed by atoms with Gasteiger partial charge < -0.3 is 15.2 Å². The van der Waals surface area contributed by atoms with E-state index in [9.17, 15) is 4.79 Å². The number of methoxy groups -OCH3 is 2. The number of nitrogens with two attached hydrogens (primary N) is 1. The van der Waals surface area contributed by atoms with Crippen LogP contribution in [0, 0.1) is 0 Å². The third kappa shape index (κ3) is 2.97. The smallest absolute Gasteiger partial charge is 0.180 e. The summed E-state index contributed by atoms with van der Waals surface area (Å²) in [5.41, 5.74) is 6.89. The molecule has 0 aliphatic carbocycles. The Kier molecular flexibility index (Phi) is 4.97. The summed E-state index contributed by atoms with van der Waals surface area (Å²) in [5, 5.41) is 0. The summed E-state index contributed by atoms with van der Waals surface area (Å²) >= 11 is 0. The van der Waals surface area contributed by atoms with Gasteiger partial charge in [-0.15, -0.1) is 0 Å². The quantitative estimate of drug-likeness (QED) is 0.766. The maximum Gasteiger partial charge on any atom is 0.180 e. The Morgan fingerprint density at radius 2 is 1.88 bits per heavy atom. The van der Waals surface area contributed by atoms with Crippen LogP contribution in [0.1, 0.15) is 29.3 Å². The van der Waals surface area contributed by atoms with Gasteiger partial charge in [0, 0.05) is 0 Å². The first-order valence-electron chi connectivity index (χ1n) is 5.66. The SMILES string of the molecule is CCCc1cc(OC)c(C(=O)CN)cc1OC. The Hall–Kier alpha value is -1.55. The van der Waals surface area contributed by atoms with E-state index < -0.39 is 0 Å². The van der Waals surface area contributed by atoms with E-state index in [0.29, 0.717) is 17.1 Å². The summed E-state index contributed by atoms with van der Waals surface area (Å²) in [6, 6.07) is 3.56. The zero-order valence-corrected chi connectivity index (χ0v) is 10.6. The third-order valence-corrected chi connectivity index (χ3v) is 2.61. The lowest BCUT2D eigenvalue weighted by atomic mass is 10.0. The van der Waals surface area contributed by atoms with Crippen LogP contribution >= 0.6 is 0 Å². The number of aryl methyl sites for hydroxylation is 1. The van der Waals surface area contributed by atoms with Crippen LogP contribution in [-0.4, -0.2) is 26.5 Å². The number of carbonyl (C=O) groups excluding carboxylic acids is 1. The lowest BCUT2D eigenvalue weighted by Crippen LogP contribution is -2.15. The van der Waals surface area contributed by atoms with Gasteiger partial charge in [-0.1, -0.05) is 13.3 Å². The van der Waals surface area contributed by atoms with E-state index in [1.54, 1.807) is 20.3 Å². The van der Waals surface area contributed by atoms with E-state index in [1.807, 2.05) is 6.07 Å². The molecule has 4 nitrogen and oxygen atoms in total. The fraction of sp³-hybridized carbons (Fsp3) is 0.462. The molecule has 4 heteroatoms. The van der Waals surface area contributed by atoms with Gasteiger partial charge in [-0.2, -0.15) is 0 Å². The number of Topliss-reactive ketones (excluding diaryl/α,β-unsaturated/α-hetero) is 1. The molecule has 0 saturated carbocycles. The molecule has 1 aromatic carbocycles. The van der Waals surface area contributed by atoms with Crippen molar-refractivity contribution in [3.8, 4) is 11.5 Å². The van der Waals surface area contributed by atoms with Crippen molar-refractivity contribution in [2.45, 2.75) is 19.8 Å². The van der Waals surface area contributed by atoms with E-state index in [0.717, 1.165) is 18.4 Å². The fourth-order valence-corrected chi connectivity index (χ4v) is 1.75. The second-order valence-electron chi connectivity index (χ2n) is 3.74. The molecule has 1 rings (SSSR count). The number of ketones is 1. The lowest BCUT2D eigenvalue weighted by molar-refractivity contribution is 0.0998. The van der Waals surface area contributed by atoms with Crippen LogP contribution in [-0.2, 0) is 6.42 Å². The molecule has 1 aromatic rings. The lowest BCUT2D eigenvalue weighted by Gasteiger charge is -2.13. The zero-order chi connectivity index (χ0) is 12.8. The van der Waals surface area contributed by atoms with E-state index >= 15 is 0 Å². The Bertz CT molecular complexity index is 402. The molecule has 17 heavy (non-hydrogen) atoms. The van der Waals surface area contributed by atoms with Gasteiger partial charge in [0.05, 0.1) is 26.3 Å². The molecule has 0 fully saturated rings. The number of benzene rings is 1. The van der Waals surface area contributed by atoms with Crippen LogP contribution in [0.4, 0.5) is 0 Å². The normalized spacial score (nSPS) is 10.1. The van der Waals surface area contributed by atoms with E-state index in [-0.39, 0.29) is 12.3 Å². The van der Waals surface area contributed by atoms with E-state index in [4.69, 9.17) is 15.2 Å². The zero-order valence-electron chi connectivity index (χ0n) is 10.6. The van der Waals surface area contributed by atoms with Gasteiger partial charge in [0.15, 0.2) is 5.78 Å². The molecule has 0 radical (unpaired) electrons. The van der Waals surface area contributed by atoms with Crippen molar-refractivity contribution in [3.63, 3.8) is 0 Å². The van der Waals surface area contributed by atoms with Crippen LogP contribution < -0.4 is 15.2 Å². The number of rotatable bonds is 6. The predicted molar refractivity (Wildman–Crippen MR) is 66.9 cm³/mol. The van der Waals surface area contributed by atoms with E-state index in [1.165, 1.54) is 0 Å². The summed E-state index contributed by atoms with van der Waals surface area (Å²) in [6.45, 7) is 2.05. The molecule has 0 aliphatic rings. The van der Waals surface area contributed by atoms with Gasteiger partial charge in [-0.05, 0) is 24.1 Å². The van der Waals surface area contributed by atoms with E-state index in [2.05, 4.69) is 6.92 Å². The summed E-state index contributed by atoms with van der Waals surface area (Å²) in [4.78, 5) is 11.7. The summed E-state index contributed by atoms with van der Waals surface area (Å²) in [7, 11) is 3.14. The molecular weight excluding hydrogens is 218 g/mol. The molecule has 0 bridgehead atoms. The van der Waals surface area contributed by atoms with Crippen LogP contribution in [0.15, 0.2) is 12.1 Å². The molecule has 0 spiro atoms. The molecule has 2 N–H and O–H groups in total. The highest BCUT2D eigenvalue weighted by Gasteiger charge is 2.15. The molecule has 0 aliphatic heterocycles. The first-order chi connectivity index (χ1) is 8.17. The average Bonchev–Trinajstić information content (AvgIpc) is 2.37. The van der Waals surface area contributed by atoms with Crippen molar-refractivity contribution in [1.82, 2.24) is 0 Å². The molecule has 0 unspecified atom stereocenters. The third-order valence-electron chi connectivity index (χ3n) is 2.61. The van der Waals surface area contributed by atoms with Gasteiger partial charge in [0.2, 0.25) is 0 Å². The van der Waals surface area contributed by atoms with Gasteiger partial charge in [-0.25, -0.2) is 0 Å². The van der Waals surface area contributed by atoms with Gasteiger partial charge >= 0.3 is 0 Å². The molecule has 94 valence electrons. The summed E-state index contributed by atoms with van der Waals surface area (Å²) < 4.78 is 10.5. The molecule has 0 amide bonds. The average molecular weight is 237 g/mol. The maximum atomic E-state index is 11.7. The number of ether oxygens (including phenoxy) is 2. The fourth-order valence-electron chi connectivity index (χ4n) is 1.75. The topological polar surface area (TPSA) is 61.5 Å². The van der Waals surface area contributed by atoms with Crippen molar-refractivity contribution in [2.24, 2.45) is 5.73 Å². The number of carbonyl (C=O) groups is 1. The second-order valence-corrected chi connectivity index (χ2v) is 3.74. The Morgan fingerprint density at radius 1 is 1.24 bits per heavy atom. The molecular formula is C13H19NO3. The second kappa shape index (κ2) is 6.25. The van der Waals surface area contributed by atoms with Crippen LogP contribution in [0.3, 0.4) is 0 Å². The molecule has 0 heterocycles. The van der Waals surface area contributed by atoms with Crippen molar-refractivity contribution in [3.05, 3.63) is 23.3 Å². The Balaban J connectivity index is 3.27. The minimum Gasteiger partial charge on any atom is -0.496 e. The summed E-state index contributed by atoms with van der Waals surface area (Å²) in [5.74, 6) is 1.12. The first-order valence-corrected chi connectivity index (χ1v) is 5.66. The highest BCUT2D eigenvalue weighted by atomic mass is 16.5. The maximum absolute atomic E-state index is 11.7. The Labute approximate surface area is 102 Å². The monoisotopic (exact) mass is 237 g/mol. The largest absolute Gasteiger partial charge is 0.496 e. The van der Waals surface area contributed by atoms with Crippen LogP contribution in [0.25, 0.3) is 0 Å². The minimum atomic E-state index is -0.150. The predicted octanol–water partition coefficient (Wildman–Crippen LogP) is 1.80. The molecule has 0 aromatic heterocycles. The Morgan fingerprint density at radius 3 is 2.35 bits per heavy atom. The summed E-state index contributed by atoms with van der Waals surface area (Å²) in [6.07, 6.45) is 1.89. The van der Waals surface area contributed by atoms with Crippen molar-refractivity contribution in [2.75, 3.05) is 20.8 Å².